The Bertz CT molecular complexity index is 734. The van der Waals surface area contributed by atoms with E-state index in [4.69, 9.17) is 16.6 Å². The number of likely N-dealkylation sites (N-methyl/N-ethyl adjacent to an activating group) is 1. The molecular formula is C20H23ClN2. The van der Waals surface area contributed by atoms with Crippen molar-refractivity contribution in [1.29, 1.82) is 0 Å². The van der Waals surface area contributed by atoms with Gasteiger partial charge in [0.05, 0.1) is 11.8 Å². The molecule has 0 spiro atoms. The fraction of sp³-hybridized carbons (Fsp3) is 0.350. The molecule has 1 aliphatic rings. The van der Waals surface area contributed by atoms with E-state index >= 15 is 0 Å². The van der Waals surface area contributed by atoms with Crippen LogP contribution in [0.2, 0.25) is 5.02 Å². The van der Waals surface area contributed by atoms with Gasteiger partial charge in [0.15, 0.2) is 0 Å². The number of benzene rings is 2. The summed E-state index contributed by atoms with van der Waals surface area (Å²) in [5.41, 5.74) is 6.11. The molecule has 0 radical (unpaired) electrons. The first kappa shape index (κ1) is 16.2. The number of aliphatic imine (C=N–C) groups is 1. The zero-order chi connectivity index (χ0) is 16.4. The van der Waals surface area contributed by atoms with Crippen LogP contribution in [0.15, 0.2) is 47.5 Å². The zero-order valence-corrected chi connectivity index (χ0v) is 14.8. The Balaban J connectivity index is 2.16. The van der Waals surface area contributed by atoms with Gasteiger partial charge in [-0.25, -0.2) is 0 Å². The van der Waals surface area contributed by atoms with Gasteiger partial charge in [-0.2, -0.15) is 0 Å². The van der Waals surface area contributed by atoms with E-state index in [1.807, 2.05) is 12.1 Å². The Morgan fingerprint density at radius 3 is 2.57 bits per heavy atom. The van der Waals surface area contributed by atoms with Crippen molar-refractivity contribution in [2.75, 3.05) is 20.6 Å². The normalized spacial score (nSPS) is 16.8. The highest BCUT2D eigenvalue weighted by Gasteiger charge is 2.21. The maximum absolute atomic E-state index is 6.48. The first-order valence-electron chi connectivity index (χ1n) is 8.15. The third kappa shape index (κ3) is 3.49. The van der Waals surface area contributed by atoms with E-state index in [2.05, 4.69) is 56.3 Å². The number of nitrogens with zero attached hydrogens (tertiary/aromatic N) is 2. The molecule has 3 rings (SSSR count). The highest BCUT2D eigenvalue weighted by Crippen LogP contribution is 2.30. The Morgan fingerprint density at radius 2 is 1.78 bits per heavy atom. The predicted octanol–water partition coefficient (Wildman–Crippen LogP) is 4.23. The van der Waals surface area contributed by atoms with E-state index in [9.17, 15) is 0 Å². The van der Waals surface area contributed by atoms with Gasteiger partial charge < -0.3 is 4.90 Å². The molecule has 0 N–H and O–H groups in total. The van der Waals surface area contributed by atoms with Gasteiger partial charge in [0.1, 0.15) is 0 Å². The molecule has 2 nitrogen and oxygen atoms in total. The summed E-state index contributed by atoms with van der Waals surface area (Å²) in [5, 5.41) is 0.850. The van der Waals surface area contributed by atoms with Crippen molar-refractivity contribution in [1.82, 2.24) is 4.90 Å². The summed E-state index contributed by atoms with van der Waals surface area (Å²) in [4.78, 5) is 7.25. The van der Waals surface area contributed by atoms with Crippen LogP contribution in [0.4, 0.5) is 0 Å². The van der Waals surface area contributed by atoms with Gasteiger partial charge in [-0.15, -0.1) is 0 Å². The van der Waals surface area contributed by atoms with E-state index < -0.39 is 0 Å². The minimum Gasteiger partial charge on any atom is -0.307 e. The molecule has 120 valence electrons. The number of hydrogen-bond acceptors (Lipinski definition) is 2. The Hall–Kier alpha value is -1.64. The third-order valence-corrected chi connectivity index (χ3v) is 4.62. The van der Waals surface area contributed by atoms with Crippen LogP contribution in [0.5, 0.6) is 0 Å². The van der Waals surface area contributed by atoms with E-state index in [0.29, 0.717) is 0 Å². The molecule has 0 fully saturated rings. The lowest BCUT2D eigenvalue weighted by atomic mass is 9.97. The lowest BCUT2D eigenvalue weighted by molar-refractivity contribution is 0.384. The molecule has 1 aliphatic carbocycles. The second kappa shape index (κ2) is 6.86. The van der Waals surface area contributed by atoms with Gasteiger partial charge in [0, 0.05) is 22.7 Å². The first-order valence-corrected chi connectivity index (χ1v) is 8.52. The molecule has 3 heteroatoms. The number of fused-ring (bicyclic) bond motifs is 2. The topological polar surface area (TPSA) is 15.6 Å². The van der Waals surface area contributed by atoms with E-state index in [1.165, 1.54) is 22.3 Å². The number of hydrogen-bond donors (Lipinski definition) is 0. The minimum absolute atomic E-state index is 0.234. The van der Waals surface area contributed by atoms with Gasteiger partial charge in [0.2, 0.25) is 0 Å². The maximum atomic E-state index is 6.48. The second-order valence-corrected chi connectivity index (χ2v) is 6.92. The van der Waals surface area contributed by atoms with Crippen molar-refractivity contribution in [3.63, 3.8) is 0 Å². The van der Waals surface area contributed by atoms with Gasteiger partial charge in [0.25, 0.3) is 0 Å². The molecule has 2 aromatic carbocycles. The third-order valence-electron chi connectivity index (χ3n) is 4.27. The van der Waals surface area contributed by atoms with Gasteiger partial charge in [-0.3, -0.25) is 4.99 Å². The lowest BCUT2D eigenvalue weighted by Gasteiger charge is -2.17. The summed E-state index contributed by atoms with van der Waals surface area (Å²) in [7, 11) is 4.17. The molecule has 23 heavy (non-hydrogen) atoms. The fourth-order valence-electron chi connectivity index (χ4n) is 3.34. The molecule has 0 saturated carbocycles. The van der Waals surface area contributed by atoms with Crippen LogP contribution in [-0.2, 0) is 12.8 Å². The predicted molar refractivity (Wildman–Crippen MR) is 99.0 cm³/mol. The zero-order valence-electron chi connectivity index (χ0n) is 14.0. The molecule has 1 atom stereocenters. The van der Waals surface area contributed by atoms with E-state index in [1.54, 1.807) is 0 Å². The maximum Gasteiger partial charge on any atom is 0.0728 e. The molecule has 0 aromatic heterocycles. The van der Waals surface area contributed by atoms with E-state index in [0.717, 1.165) is 30.1 Å². The van der Waals surface area contributed by atoms with Crippen molar-refractivity contribution >= 4 is 17.3 Å². The van der Waals surface area contributed by atoms with Crippen molar-refractivity contribution in [2.24, 2.45) is 4.99 Å². The molecule has 0 amide bonds. The largest absolute Gasteiger partial charge is 0.307 e. The average Bonchev–Trinajstić information content (AvgIpc) is 2.66. The van der Waals surface area contributed by atoms with E-state index in [-0.39, 0.29) is 6.04 Å². The van der Waals surface area contributed by atoms with Crippen LogP contribution in [0.3, 0.4) is 0 Å². The van der Waals surface area contributed by atoms with Crippen molar-refractivity contribution < 1.29 is 0 Å². The summed E-state index contributed by atoms with van der Waals surface area (Å²) in [6.45, 7) is 3.10. The van der Waals surface area contributed by atoms with Crippen LogP contribution in [0.1, 0.15) is 29.2 Å². The summed E-state index contributed by atoms with van der Waals surface area (Å²) in [6.07, 6.45) is 1.97. The monoisotopic (exact) mass is 326 g/mol. The molecule has 0 heterocycles. The fourth-order valence-corrected chi connectivity index (χ4v) is 3.61. The second-order valence-electron chi connectivity index (χ2n) is 6.51. The summed E-state index contributed by atoms with van der Waals surface area (Å²) >= 11 is 6.48. The first-order chi connectivity index (χ1) is 11.1. The molecule has 1 unspecified atom stereocenters. The summed E-state index contributed by atoms with van der Waals surface area (Å²) < 4.78 is 0. The Labute approximate surface area is 143 Å². The molecular weight excluding hydrogens is 304 g/mol. The summed E-state index contributed by atoms with van der Waals surface area (Å²) in [5.74, 6) is 0. The van der Waals surface area contributed by atoms with Crippen molar-refractivity contribution in [2.45, 2.75) is 25.8 Å². The highest BCUT2D eigenvalue weighted by molar-refractivity contribution is 6.32. The van der Waals surface area contributed by atoms with Gasteiger partial charge in [-0.1, -0.05) is 48.0 Å². The van der Waals surface area contributed by atoms with Crippen LogP contribution in [-0.4, -0.2) is 37.3 Å². The number of rotatable bonds is 3. The summed E-state index contributed by atoms with van der Waals surface area (Å²) in [6, 6.07) is 15.0. The van der Waals surface area contributed by atoms with Crippen LogP contribution in [0, 0.1) is 0 Å². The number of halogens is 1. The van der Waals surface area contributed by atoms with Crippen molar-refractivity contribution in [3.05, 3.63) is 69.7 Å². The highest BCUT2D eigenvalue weighted by atomic mass is 35.5. The Kier molecular flexibility index (Phi) is 4.84. The standard InChI is InChI=1S/C20H23ClN2/c1-14(13-23(2)3)22-20-16-8-5-4-7-15(16)11-12-17-18(20)9-6-10-19(17)21/h4-10,14H,11-13H2,1-3H3. The van der Waals surface area contributed by atoms with Gasteiger partial charge >= 0.3 is 0 Å². The van der Waals surface area contributed by atoms with Gasteiger partial charge in [-0.05, 0) is 51.1 Å². The quantitative estimate of drug-likeness (QED) is 0.824. The van der Waals surface area contributed by atoms with Crippen LogP contribution >= 0.6 is 11.6 Å². The SMILES string of the molecule is CC(CN(C)C)N=C1c2ccccc2CCc2c(Cl)cccc21. The minimum atomic E-state index is 0.234. The number of aryl methyl sites for hydroxylation is 1. The average molecular weight is 327 g/mol. The van der Waals surface area contributed by atoms with Crippen LogP contribution < -0.4 is 0 Å². The lowest BCUT2D eigenvalue weighted by Crippen LogP contribution is -2.24. The van der Waals surface area contributed by atoms with Crippen LogP contribution in [0.25, 0.3) is 0 Å². The molecule has 0 saturated heterocycles. The Morgan fingerprint density at radius 1 is 1.04 bits per heavy atom. The molecule has 0 bridgehead atoms. The molecule has 2 aromatic rings. The smallest absolute Gasteiger partial charge is 0.0728 e. The molecule has 0 aliphatic heterocycles. The van der Waals surface area contributed by atoms with Crippen molar-refractivity contribution in [3.8, 4) is 0 Å².